The number of anilines is 1. The fraction of sp³-hybridized carbons (Fsp3) is 0.529. The van der Waals surface area contributed by atoms with Crippen LogP contribution < -0.4 is 4.90 Å². The normalized spacial score (nSPS) is 21.7. The van der Waals surface area contributed by atoms with Crippen molar-refractivity contribution in [3.05, 3.63) is 35.4 Å². The van der Waals surface area contributed by atoms with E-state index in [0.717, 1.165) is 42.1 Å². The number of piperidine rings is 1. The van der Waals surface area contributed by atoms with Gasteiger partial charge in [-0.2, -0.15) is 5.10 Å². The Labute approximate surface area is 140 Å². The Morgan fingerprint density at radius 1 is 1.33 bits per heavy atom. The van der Waals surface area contributed by atoms with Crippen LogP contribution in [-0.4, -0.2) is 45.4 Å². The van der Waals surface area contributed by atoms with Gasteiger partial charge in [-0.1, -0.05) is 0 Å². The van der Waals surface area contributed by atoms with Crippen molar-refractivity contribution in [1.82, 2.24) is 19.7 Å². The van der Waals surface area contributed by atoms with E-state index in [4.69, 9.17) is 4.74 Å². The summed E-state index contributed by atoms with van der Waals surface area (Å²) in [6, 6.07) is 0. The number of nitrogens with zero attached hydrogens (tertiary/aromatic N) is 5. The summed E-state index contributed by atoms with van der Waals surface area (Å²) in [4.78, 5) is 23.2. The van der Waals surface area contributed by atoms with Crippen LogP contribution in [0.2, 0.25) is 0 Å². The summed E-state index contributed by atoms with van der Waals surface area (Å²) in [6.45, 7) is 6.85. The Balaban J connectivity index is 1.45. The quantitative estimate of drug-likeness (QED) is 0.778. The lowest BCUT2D eigenvalue weighted by atomic mass is 10.2. The molecule has 126 valence electrons. The van der Waals surface area contributed by atoms with Crippen LogP contribution in [-0.2, 0) is 11.3 Å². The molecule has 0 spiro atoms. The predicted molar refractivity (Wildman–Crippen MR) is 87.9 cm³/mol. The maximum Gasteiger partial charge on any atom is 0.341 e. The van der Waals surface area contributed by atoms with E-state index < -0.39 is 0 Å². The molecule has 0 N–H and O–H groups in total. The van der Waals surface area contributed by atoms with E-state index in [0.29, 0.717) is 18.7 Å². The van der Waals surface area contributed by atoms with Gasteiger partial charge < -0.3 is 9.64 Å². The highest BCUT2D eigenvalue weighted by atomic mass is 16.5. The first-order valence-electron chi connectivity index (χ1n) is 8.41. The first kappa shape index (κ1) is 15.1. The molecular weight excluding hydrogens is 306 g/mol. The zero-order valence-corrected chi connectivity index (χ0v) is 14.0. The van der Waals surface area contributed by atoms with Gasteiger partial charge in [-0.3, -0.25) is 4.68 Å². The molecule has 0 amide bonds. The van der Waals surface area contributed by atoms with Gasteiger partial charge >= 0.3 is 5.97 Å². The van der Waals surface area contributed by atoms with Gasteiger partial charge in [0.1, 0.15) is 0 Å². The third-order valence-corrected chi connectivity index (χ3v) is 4.81. The lowest BCUT2D eigenvalue weighted by Gasteiger charge is -2.18. The second kappa shape index (κ2) is 5.89. The van der Waals surface area contributed by atoms with Crippen molar-refractivity contribution in [3.8, 4) is 0 Å². The molecule has 2 fully saturated rings. The van der Waals surface area contributed by atoms with Gasteiger partial charge in [0.2, 0.25) is 5.95 Å². The monoisotopic (exact) mass is 327 g/mol. The third-order valence-electron chi connectivity index (χ3n) is 4.81. The Morgan fingerprint density at radius 2 is 2.12 bits per heavy atom. The Morgan fingerprint density at radius 3 is 2.83 bits per heavy atom. The molecular formula is C17H21N5O2. The zero-order chi connectivity index (χ0) is 16.7. The minimum absolute atomic E-state index is 0.348. The number of aryl methyl sites for hydroxylation is 1. The van der Waals surface area contributed by atoms with Gasteiger partial charge in [0.05, 0.1) is 24.9 Å². The van der Waals surface area contributed by atoms with Gasteiger partial charge in [0, 0.05) is 36.7 Å². The number of carbonyl (C=O) groups is 1. The van der Waals surface area contributed by atoms with Gasteiger partial charge in [-0.15, -0.1) is 0 Å². The summed E-state index contributed by atoms with van der Waals surface area (Å²) < 4.78 is 6.69. The third kappa shape index (κ3) is 2.86. The fourth-order valence-corrected chi connectivity index (χ4v) is 3.29. The van der Waals surface area contributed by atoms with Crippen LogP contribution in [0.1, 0.15) is 35.0 Å². The number of ether oxygens (including phenoxy) is 1. The average molecular weight is 327 g/mol. The highest BCUT2D eigenvalue weighted by molar-refractivity contribution is 5.88. The minimum Gasteiger partial charge on any atom is -0.462 e. The van der Waals surface area contributed by atoms with Crippen LogP contribution in [0.25, 0.3) is 0 Å². The van der Waals surface area contributed by atoms with Crippen LogP contribution in [0, 0.1) is 18.8 Å². The maximum absolute atomic E-state index is 11.7. The van der Waals surface area contributed by atoms with Crippen molar-refractivity contribution in [1.29, 1.82) is 0 Å². The summed E-state index contributed by atoms with van der Waals surface area (Å²) >= 11 is 0. The lowest BCUT2D eigenvalue weighted by Crippen LogP contribution is -2.24. The van der Waals surface area contributed by atoms with Gasteiger partial charge in [-0.25, -0.2) is 14.8 Å². The molecule has 0 bridgehead atoms. The Kier molecular flexibility index (Phi) is 3.70. The van der Waals surface area contributed by atoms with Crippen LogP contribution in [0.15, 0.2) is 18.6 Å². The number of hydrogen-bond acceptors (Lipinski definition) is 6. The largest absolute Gasteiger partial charge is 0.462 e. The van der Waals surface area contributed by atoms with Crippen LogP contribution >= 0.6 is 0 Å². The van der Waals surface area contributed by atoms with Crippen molar-refractivity contribution in [3.63, 3.8) is 0 Å². The molecule has 1 saturated heterocycles. The van der Waals surface area contributed by atoms with E-state index in [2.05, 4.69) is 20.0 Å². The van der Waals surface area contributed by atoms with Crippen LogP contribution in [0.3, 0.4) is 0 Å². The molecule has 1 aliphatic carbocycles. The second-order valence-electron chi connectivity index (χ2n) is 6.59. The second-order valence-corrected chi connectivity index (χ2v) is 6.59. The van der Waals surface area contributed by atoms with Gasteiger partial charge in [0.15, 0.2) is 0 Å². The molecule has 2 aliphatic rings. The molecule has 7 heteroatoms. The Bertz CT molecular complexity index is 762. The molecule has 4 rings (SSSR count). The molecule has 0 aromatic carbocycles. The maximum atomic E-state index is 11.7. The minimum atomic E-state index is -0.348. The van der Waals surface area contributed by atoms with Crippen molar-refractivity contribution in [2.45, 2.75) is 26.8 Å². The molecule has 0 radical (unpaired) electrons. The molecule has 24 heavy (non-hydrogen) atoms. The number of carbonyl (C=O) groups excluding carboxylic acids is 1. The van der Waals surface area contributed by atoms with Crippen molar-refractivity contribution < 1.29 is 9.53 Å². The van der Waals surface area contributed by atoms with Gasteiger partial charge in [0.25, 0.3) is 0 Å². The number of rotatable bonds is 5. The van der Waals surface area contributed by atoms with Crippen LogP contribution in [0.5, 0.6) is 0 Å². The smallest absolute Gasteiger partial charge is 0.341 e. The number of hydrogen-bond donors (Lipinski definition) is 0. The molecule has 2 unspecified atom stereocenters. The molecule has 1 aliphatic heterocycles. The van der Waals surface area contributed by atoms with Crippen molar-refractivity contribution in [2.75, 3.05) is 24.6 Å². The highest BCUT2D eigenvalue weighted by Crippen LogP contribution is 2.45. The molecule has 1 saturated carbocycles. The summed E-state index contributed by atoms with van der Waals surface area (Å²) in [6.07, 6.45) is 6.46. The molecule has 2 aromatic heterocycles. The average Bonchev–Trinajstić information content (AvgIpc) is 2.98. The Hall–Kier alpha value is -2.44. The number of fused-ring (bicyclic) bond motifs is 1. The van der Waals surface area contributed by atoms with Gasteiger partial charge in [-0.05, 0) is 32.1 Å². The fourth-order valence-electron chi connectivity index (χ4n) is 3.29. The first-order chi connectivity index (χ1) is 11.6. The standard InChI is InChI=1S/C17H21N5O2/c1-3-24-16(23)15-6-19-22(10-15)9-14-5-18-17(20-11(14)2)21-7-12-4-13(12)8-21/h5-6,10,12-13H,3-4,7-9H2,1-2H3. The predicted octanol–water partition coefficient (Wildman–Crippen LogP) is 1.66. The summed E-state index contributed by atoms with van der Waals surface area (Å²) in [5.74, 6) is 2.20. The van der Waals surface area contributed by atoms with Crippen LogP contribution in [0.4, 0.5) is 5.95 Å². The summed E-state index contributed by atoms with van der Waals surface area (Å²) in [7, 11) is 0. The summed E-state index contributed by atoms with van der Waals surface area (Å²) in [5.41, 5.74) is 2.42. The van der Waals surface area contributed by atoms with E-state index in [1.54, 1.807) is 17.8 Å². The molecule has 3 heterocycles. The molecule has 7 nitrogen and oxygen atoms in total. The van der Waals surface area contributed by atoms with E-state index in [1.807, 2.05) is 13.1 Å². The van der Waals surface area contributed by atoms with E-state index in [9.17, 15) is 4.79 Å². The van der Waals surface area contributed by atoms with Crippen molar-refractivity contribution in [2.24, 2.45) is 11.8 Å². The zero-order valence-electron chi connectivity index (χ0n) is 14.0. The van der Waals surface area contributed by atoms with E-state index in [1.165, 1.54) is 12.6 Å². The number of aromatic nitrogens is 4. The first-order valence-corrected chi connectivity index (χ1v) is 8.41. The lowest BCUT2D eigenvalue weighted by molar-refractivity contribution is 0.0526. The molecule has 2 aromatic rings. The number of esters is 1. The molecule has 2 atom stereocenters. The van der Waals surface area contributed by atoms with E-state index in [-0.39, 0.29) is 5.97 Å². The SMILES string of the molecule is CCOC(=O)c1cnn(Cc2cnc(N3CC4CC4C3)nc2C)c1. The highest BCUT2D eigenvalue weighted by Gasteiger charge is 2.45. The summed E-state index contributed by atoms with van der Waals surface area (Å²) in [5, 5.41) is 4.22. The van der Waals surface area contributed by atoms with Crippen molar-refractivity contribution >= 4 is 11.9 Å². The topological polar surface area (TPSA) is 73.1 Å². The van der Waals surface area contributed by atoms with E-state index >= 15 is 0 Å².